The van der Waals surface area contributed by atoms with Gasteiger partial charge in [0, 0.05) is 10.7 Å². The van der Waals surface area contributed by atoms with Gasteiger partial charge in [-0.25, -0.2) is 8.42 Å². The largest absolute Gasteiger partial charge is 0.744 e. The molecule has 1 aliphatic carbocycles. The number of halogens is 5. The van der Waals surface area contributed by atoms with Crippen molar-refractivity contribution in [3.05, 3.63) is 42.1 Å². The Kier molecular flexibility index (Phi) is 10.4. The van der Waals surface area contributed by atoms with Crippen LogP contribution in [0.1, 0.15) is 25.7 Å². The summed E-state index contributed by atoms with van der Waals surface area (Å²) in [6.45, 7) is 0. The summed E-state index contributed by atoms with van der Waals surface area (Å²) in [4.78, 5) is 25.0. The second-order valence-electron chi connectivity index (χ2n) is 7.26. The molecule has 1 aliphatic rings. The average Bonchev–Trinajstić information content (AvgIpc) is 2.69. The van der Waals surface area contributed by atoms with Crippen LogP contribution in [0.2, 0.25) is 0 Å². The van der Waals surface area contributed by atoms with Crippen molar-refractivity contribution in [2.24, 2.45) is 11.8 Å². The van der Waals surface area contributed by atoms with Crippen LogP contribution in [0, 0.1) is 29.7 Å². The minimum absolute atomic E-state index is 0.186. The van der Waals surface area contributed by atoms with E-state index in [1.165, 1.54) is 12.1 Å². The molecule has 0 aliphatic heterocycles. The minimum Gasteiger partial charge on any atom is -0.744 e. The predicted octanol–water partition coefficient (Wildman–Crippen LogP) is 5.93. The molecule has 13 heteroatoms. The first-order chi connectivity index (χ1) is 15.4. The molecule has 2 aromatic rings. The lowest BCUT2D eigenvalue weighted by atomic mass is 9.82. The van der Waals surface area contributed by atoms with Gasteiger partial charge in [0.2, 0.25) is 0 Å². The Morgan fingerprint density at radius 2 is 1.18 bits per heavy atom. The van der Waals surface area contributed by atoms with Gasteiger partial charge in [-0.2, -0.15) is 0 Å². The predicted molar refractivity (Wildman–Crippen MR) is 161 cm³/mol. The molecule has 0 heterocycles. The smallest absolute Gasteiger partial charge is 0.314 e. The van der Waals surface area contributed by atoms with Gasteiger partial charge >= 0.3 is 11.9 Å². The van der Waals surface area contributed by atoms with Gasteiger partial charge in [-0.1, -0.05) is 0 Å². The van der Waals surface area contributed by atoms with Crippen LogP contribution < -0.4 is 9.47 Å². The number of rotatable bonds is 5. The van der Waals surface area contributed by atoms with Crippen molar-refractivity contribution < 1.29 is 32.0 Å². The topological polar surface area (TPSA) is 110 Å². The van der Waals surface area contributed by atoms with Gasteiger partial charge in [-0.05, 0) is 163 Å². The fraction of sp³-hybridized carbons (Fsp3) is 0.300. The molecule has 33 heavy (non-hydrogen) atoms. The Balaban J connectivity index is 1.60. The van der Waals surface area contributed by atoms with E-state index >= 15 is 0 Å². The van der Waals surface area contributed by atoms with E-state index in [0.29, 0.717) is 31.4 Å². The molecule has 1 saturated carbocycles. The minimum atomic E-state index is -4.63. The summed E-state index contributed by atoms with van der Waals surface area (Å²) in [5, 5.41) is 0. The lowest BCUT2D eigenvalue weighted by Gasteiger charge is -2.26. The number of benzene rings is 2. The average molecular weight is 1030 g/mol. The van der Waals surface area contributed by atoms with E-state index in [4.69, 9.17) is 9.47 Å². The summed E-state index contributed by atoms with van der Waals surface area (Å²) in [7, 11) is -4.63. The molecule has 0 amide bonds. The monoisotopic (exact) mass is 1030 g/mol. The van der Waals surface area contributed by atoms with Crippen LogP contribution in [0.3, 0.4) is 0 Å². The first kappa shape index (κ1) is 28.5. The van der Waals surface area contributed by atoms with Gasteiger partial charge in [-0.15, -0.1) is 0 Å². The van der Waals surface area contributed by atoms with Crippen LogP contribution >= 0.6 is 113 Å². The zero-order chi connectivity index (χ0) is 24.5. The van der Waals surface area contributed by atoms with E-state index in [9.17, 15) is 22.6 Å². The lowest BCUT2D eigenvalue weighted by molar-refractivity contribution is -0.145. The molecule has 3 rings (SSSR count). The van der Waals surface area contributed by atoms with E-state index in [1.54, 1.807) is 45.2 Å². The third-order valence-electron chi connectivity index (χ3n) is 5.00. The molecule has 0 N–H and O–H groups in total. The summed E-state index contributed by atoms with van der Waals surface area (Å²) in [6.07, 6.45) is 2.00. The van der Waals surface area contributed by atoms with Crippen LogP contribution in [0.5, 0.6) is 11.5 Å². The molecule has 178 valence electrons. The number of hydrogen-bond acceptors (Lipinski definition) is 7. The third-order valence-corrected chi connectivity index (χ3v) is 10.6. The Bertz CT molecular complexity index is 1160. The molecular weight excluding hydrogens is 1020 g/mol. The maximum atomic E-state index is 12.7. The van der Waals surface area contributed by atoms with Gasteiger partial charge in [0.15, 0.2) is 5.75 Å². The molecule has 2 aromatic carbocycles. The normalized spacial score (nSPS) is 18.6. The van der Waals surface area contributed by atoms with E-state index in [1.807, 2.05) is 12.1 Å². The third kappa shape index (κ3) is 7.48. The van der Waals surface area contributed by atoms with Crippen LogP contribution in [0.15, 0.2) is 29.2 Å². The summed E-state index contributed by atoms with van der Waals surface area (Å²) in [5.41, 5.74) is 0. The second-order valence-corrected chi connectivity index (χ2v) is 14.5. The van der Waals surface area contributed by atoms with E-state index in [-0.39, 0.29) is 35.6 Å². The van der Waals surface area contributed by atoms with E-state index < -0.39 is 16.1 Å². The Labute approximate surface area is 259 Å². The maximum absolute atomic E-state index is 12.7. The second kappa shape index (κ2) is 12.0. The van der Waals surface area contributed by atoms with Crippen molar-refractivity contribution in [2.45, 2.75) is 30.6 Å². The highest BCUT2D eigenvalue weighted by Gasteiger charge is 2.33. The summed E-state index contributed by atoms with van der Waals surface area (Å²) in [6, 6.07) is 6.61. The maximum Gasteiger partial charge on any atom is 0.314 e. The number of hydrogen-bond donors (Lipinski definition) is 0. The van der Waals surface area contributed by atoms with Gasteiger partial charge in [0.05, 0.1) is 23.9 Å². The van der Waals surface area contributed by atoms with Crippen molar-refractivity contribution in [2.75, 3.05) is 0 Å². The highest BCUT2D eigenvalue weighted by atomic mass is 127. The molecule has 7 nitrogen and oxygen atoms in total. The van der Waals surface area contributed by atoms with Crippen LogP contribution in [-0.4, -0.2) is 24.9 Å². The van der Waals surface area contributed by atoms with Gasteiger partial charge in [0.1, 0.15) is 15.9 Å². The zero-order valence-corrected chi connectivity index (χ0v) is 28.1. The molecule has 0 radical (unpaired) electrons. The SMILES string of the molecule is O=C(Oc1cc(I)c(S(=O)(=O)[O-])c(I)c1)C1CCC(C(=O)Oc2c(I)cc(I)cc2I)CC1. The van der Waals surface area contributed by atoms with Crippen molar-refractivity contribution in [3.63, 3.8) is 0 Å². The van der Waals surface area contributed by atoms with Crippen LogP contribution in [0.25, 0.3) is 0 Å². The fourth-order valence-corrected chi connectivity index (χ4v) is 11.1. The van der Waals surface area contributed by atoms with Crippen molar-refractivity contribution in [1.29, 1.82) is 0 Å². The Morgan fingerprint density at radius 3 is 1.61 bits per heavy atom. The van der Waals surface area contributed by atoms with Gasteiger partial charge < -0.3 is 14.0 Å². The quantitative estimate of drug-likeness (QED) is 0.158. The molecule has 0 aromatic heterocycles. The Hall–Kier alpha value is 0.940. The molecule has 0 atom stereocenters. The molecule has 1 fully saturated rings. The number of esters is 2. The Morgan fingerprint density at radius 1 is 0.758 bits per heavy atom. The molecular formula is C20H14I5O7S-. The zero-order valence-electron chi connectivity index (χ0n) is 16.4. The number of carbonyl (C=O) groups is 2. The van der Waals surface area contributed by atoms with Crippen LogP contribution in [-0.2, 0) is 19.7 Å². The molecule has 0 bridgehead atoms. The molecule has 0 spiro atoms. The van der Waals surface area contributed by atoms with E-state index in [0.717, 1.165) is 10.7 Å². The van der Waals surface area contributed by atoms with Crippen molar-refractivity contribution in [1.82, 2.24) is 0 Å². The summed E-state index contributed by atoms with van der Waals surface area (Å²) < 4.78 is 48.5. The standard InChI is InChI=1S/C20H15I5O7S/c21-11-5-13(22)17(14(23)6-11)32-20(27)10-3-1-9(2-4-10)19(26)31-12-7-15(24)18(16(25)8-12)33(28,29)30/h5-10H,1-4H2,(H,28,29,30)/p-1. The first-order valence-corrected chi connectivity index (χ1v) is 16.2. The highest BCUT2D eigenvalue weighted by molar-refractivity contribution is 14.1. The highest BCUT2D eigenvalue weighted by Crippen LogP contribution is 2.35. The van der Waals surface area contributed by atoms with E-state index in [2.05, 4.69) is 67.8 Å². The van der Waals surface area contributed by atoms with Crippen molar-refractivity contribution >= 4 is 135 Å². The fourth-order valence-electron chi connectivity index (χ4n) is 3.41. The van der Waals surface area contributed by atoms with Crippen LogP contribution in [0.4, 0.5) is 0 Å². The molecule has 0 unspecified atom stereocenters. The van der Waals surface area contributed by atoms with Crippen molar-refractivity contribution in [3.8, 4) is 11.5 Å². The molecule has 0 saturated heterocycles. The number of ether oxygens (including phenoxy) is 2. The number of carbonyl (C=O) groups excluding carboxylic acids is 2. The summed E-state index contributed by atoms with van der Waals surface area (Å²) >= 11 is 9.98. The van der Waals surface area contributed by atoms with Gasteiger partial charge in [0.25, 0.3) is 0 Å². The van der Waals surface area contributed by atoms with Gasteiger partial charge in [-0.3, -0.25) is 9.59 Å². The lowest BCUT2D eigenvalue weighted by Crippen LogP contribution is -2.30. The summed E-state index contributed by atoms with van der Waals surface area (Å²) in [5.74, 6) is -0.638. The first-order valence-electron chi connectivity index (χ1n) is 9.39.